The van der Waals surface area contributed by atoms with E-state index in [0.717, 1.165) is 4.88 Å². The molecule has 0 fully saturated rings. The highest BCUT2D eigenvalue weighted by Crippen LogP contribution is 2.34. The van der Waals surface area contributed by atoms with E-state index >= 15 is 0 Å². The van der Waals surface area contributed by atoms with E-state index in [1.54, 1.807) is 45.0 Å². The quantitative estimate of drug-likeness (QED) is 0.703. The summed E-state index contributed by atoms with van der Waals surface area (Å²) in [7, 11) is 1.29. The van der Waals surface area contributed by atoms with Crippen molar-refractivity contribution in [3.63, 3.8) is 0 Å². The van der Waals surface area contributed by atoms with Crippen molar-refractivity contribution in [2.45, 2.75) is 39.5 Å². The van der Waals surface area contributed by atoms with Gasteiger partial charge in [0, 0.05) is 10.6 Å². The van der Waals surface area contributed by atoms with Gasteiger partial charge in [-0.3, -0.25) is 4.90 Å². The Morgan fingerprint density at radius 3 is 2.53 bits per heavy atom. The Morgan fingerprint density at radius 1 is 1.17 bits per heavy atom. The molecule has 0 saturated carbocycles. The molecule has 2 amide bonds. The minimum absolute atomic E-state index is 0.277. The lowest BCUT2D eigenvalue weighted by Gasteiger charge is -2.36. The van der Waals surface area contributed by atoms with E-state index < -0.39 is 18.0 Å². The molecular formula is C22H24N2O5S. The van der Waals surface area contributed by atoms with Crippen LogP contribution in [-0.4, -0.2) is 36.1 Å². The number of methoxy groups -OCH3 is 1. The summed E-state index contributed by atoms with van der Waals surface area (Å²) < 4.78 is 10.3. The summed E-state index contributed by atoms with van der Waals surface area (Å²) in [4.78, 5) is 40.8. The van der Waals surface area contributed by atoms with Gasteiger partial charge in [0.05, 0.1) is 36.9 Å². The number of rotatable bonds is 6. The highest BCUT2D eigenvalue weighted by molar-refractivity contribution is 7.09. The smallest absolute Gasteiger partial charge is 0.338 e. The van der Waals surface area contributed by atoms with Crippen LogP contribution < -0.4 is 5.32 Å². The molecule has 1 aliphatic heterocycles. The third-order valence-electron chi connectivity index (χ3n) is 4.73. The normalized spacial score (nSPS) is 16.5. The van der Waals surface area contributed by atoms with Gasteiger partial charge in [0.25, 0.3) is 0 Å². The molecule has 1 N–H and O–H groups in total. The molecule has 30 heavy (non-hydrogen) atoms. The fourth-order valence-electron chi connectivity index (χ4n) is 3.35. The highest BCUT2D eigenvalue weighted by atomic mass is 32.1. The number of hydrogen-bond acceptors (Lipinski definition) is 6. The van der Waals surface area contributed by atoms with Crippen LogP contribution in [-0.2, 0) is 20.8 Å². The zero-order valence-electron chi connectivity index (χ0n) is 17.3. The first-order valence-electron chi connectivity index (χ1n) is 9.52. The van der Waals surface area contributed by atoms with Gasteiger partial charge in [0.1, 0.15) is 0 Å². The van der Waals surface area contributed by atoms with Crippen molar-refractivity contribution in [2.75, 3.05) is 7.11 Å². The van der Waals surface area contributed by atoms with Crippen molar-refractivity contribution in [1.29, 1.82) is 0 Å². The van der Waals surface area contributed by atoms with Crippen molar-refractivity contribution >= 4 is 29.3 Å². The number of allylic oxidation sites excluding steroid dienone is 1. The fourth-order valence-corrected chi connectivity index (χ4v) is 4.04. The first-order valence-corrected chi connectivity index (χ1v) is 10.4. The molecule has 1 aromatic heterocycles. The second-order valence-corrected chi connectivity index (χ2v) is 8.11. The maximum atomic E-state index is 13.0. The number of nitrogens with one attached hydrogen (secondary N) is 1. The van der Waals surface area contributed by atoms with Gasteiger partial charge < -0.3 is 14.8 Å². The van der Waals surface area contributed by atoms with Crippen LogP contribution in [0, 0.1) is 0 Å². The molecule has 7 nitrogen and oxygen atoms in total. The number of ether oxygens (including phenoxy) is 2. The second kappa shape index (κ2) is 9.13. The summed E-state index contributed by atoms with van der Waals surface area (Å²) in [6.07, 6.45) is -0.335. The Kier molecular flexibility index (Phi) is 6.56. The lowest BCUT2D eigenvalue weighted by Crippen LogP contribution is -2.48. The number of nitrogens with zero attached hydrogens (tertiary/aromatic N) is 1. The molecule has 1 aromatic carbocycles. The van der Waals surface area contributed by atoms with Crippen LogP contribution in [0.3, 0.4) is 0 Å². The topological polar surface area (TPSA) is 84.9 Å². The van der Waals surface area contributed by atoms with Crippen LogP contribution in [0.15, 0.2) is 53.0 Å². The molecule has 0 unspecified atom stereocenters. The van der Waals surface area contributed by atoms with Gasteiger partial charge >= 0.3 is 18.0 Å². The minimum Gasteiger partial charge on any atom is -0.465 e. The molecule has 0 radical (unpaired) electrons. The average Bonchev–Trinajstić information content (AvgIpc) is 3.22. The van der Waals surface area contributed by atoms with E-state index in [4.69, 9.17) is 9.47 Å². The fraction of sp³-hybridized carbons (Fsp3) is 0.318. The molecule has 158 valence electrons. The average molecular weight is 429 g/mol. The van der Waals surface area contributed by atoms with Crippen LogP contribution in [0.1, 0.15) is 47.6 Å². The summed E-state index contributed by atoms with van der Waals surface area (Å²) >= 11 is 1.53. The molecule has 0 spiro atoms. The van der Waals surface area contributed by atoms with Crippen molar-refractivity contribution < 1.29 is 23.9 Å². The summed E-state index contributed by atoms with van der Waals surface area (Å²) in [5.74, 6) is -1.08. The molecule has 1 atom stereocenters. The van der Waals surface area contributed by atoms with Crippen molar-refractivity contribution in [3.05, 3.63) is 69.1 Å². The van der Waals surface area contributed by atoms with E-state index in [-0.39, 0.29) is 23.3 Å². The highest BCUT2D eigenvalue weighted by Gasteiger charge is 2.38. The summed E-state index contributed by atoms with van der Waals surface area (Å²) in [5.41, 5.74) is 1.53. The van der Waals surface area contributed by atoms with Gasteiger partial charge in [-0.25, -0.2) is 14.4 Å². The number of amides is 2. The predicted molar refractivity (Wildman–Crippen MR) is 113 cm³/mol. The lowest BCUT2D eigenvalue weighted by molar-refractivity contribution is -0.143. The van der Waals surface area contributed by atoms with E-state index in [2.05, 4.69) is 5.32 Å². The van der Waals surface area contributed by atoms with E-state index in [1.165, 1.54) is 23.3 Å². The maximum Gasteiger partial charge on any atom is 0.338 e. The van der Waals surface area contributed by atoms with Gasteiger partial charge in [-0.2, -0.15) is 0 Å². The van der Waals surface area contributed by atoms with Gasteiger partial charge in [-0.15, -0.1) is 11.3 Å². The van der Waals surface area contributed by atoms with Crippen LogP contribution in [0.4, 0.5) is 4.79 Å². The van der Waals surface area contributed by atoms with Gasteiger partial charge in [0.15, 0.2) is 0 Å². The zero-order valence-corrected chi connectivity index (χ0v) is 18.1. The van der Waals surface area contributed by atoms with Gasteiger partial charge in [-0.05, 0) is 43.8 Å². The Bertz CT molecular complexity index is 981. The van der Waals surface area contributed by atoms with Crippen LogP contribution in [0.2, 0.25) is 0 Å². The molecule has 3 rings (SSSR count). The number of thiophene rings is 1. The zero-order chi connectivity index (χ0) is 21.8. The monoisotopic (exact) mass is 428 g/mol. The maximum absolute atomic E-state index is 13.0. The molecule has 0 bridgehead atoms. The molecule has 0 saturated heterocycles. The Labute approximate surface area is 179 Å². The Balaban J connectivity index is 2.11. The number of esters is 2. The third kappa shape index (κ3) is 4.38. The van der Waals surface area contributed by atoms with Crippen LogP contribution in [0.5, 0.6) is 0 Å². The van der Waals surface area contributed by atoms with Crippen molar-refractivity contribution in [2.24, 2.45) is 0 Å². The predicted octanol–water partition coefficient (Wildman–Crippen LogP) is 4.03. The third-order valence-corrected chi connectivity index (χ3v) is 5.59. The Morgan fingerprint density at radius 2 is 1.90 bits per heavy atom. The Hall–Kier alpha value is -3.13. The van der Waals surface area contributed by atoms with E-state index in [9.17, 15) is 14.4 Å². The van der Waals surface area contributed by atoms with Gasteiger partial charge in [0.2, 0.25) is 0 Å². The first-order chi connectivity index (χ1) is 14.3. The number of hydrogen-bond donors (Lipinski definition) is 1. The number of benzene rings is 1. The number of carbonyl (C=O) groups excluding carboxylic acids is 3. The molecule has 2 aromatic rings. The van der Waals surface area contributed by atoms with Crippen LogP contribution in [0.25, 0.3) is 0 Å². The number of carbonyl (C=O) groups is 3. The second-order valence-electron chi connectivity index (χ2n) is 7.08. The first kappa shape index (κ1) is 21.6. The minimum atomic E-state index is -0.835. The summed E-state index contributed by atoms with van der Waals surface area (Å²) in [5, 5.41) is 4.80. The molecule has 8 heteroatoms. The molecular weight excluding hydrogens is 404 g/mol. The van der Waals surface area contributed by atoms with Crippen molar-refractivity contribution in [1.82, 2.24) is 10.2 Å². The summed E-state index contributed by atoms with van der Waals surface area (Å²) in [6.45, 7) is 5.57. The van der Waals surface area contributed by atoms with Crippen molar-refractivity contribution in [3.8, 4) is 0 Å². The molecule has 0 aliphatic carbocycles. The van der Waals surface area contributed by atoms with E-state index in [0.29, 0.717) is 17.8 Å². The molecule has 1 aliphatic rings. The standard InChI is InChI=1S/C22H24N2O5S/c1-13(2)29-21(26)18-14(3)24(12-15-8-7-11-30-15)22(27)23-19(18)16-9-5-6-10-17(16)20(25)28-4/h5-11,13,19H,12H2,1-4H3,(H,23,27)/t19-/m1/s1. The molecule has 2 heterocycles. The largest absolute Gasteiger partial charge is 0.465 e. The van der Waals surface area contributed by atoms with E-state index in [1.807, 2.05) is 17.5 Å². The summed E-state index contributed by atoms with van der Waals surface area (Å²) in [6, 6.07) is 9.39. The van der Waals surface area contributed by atoms with Gasteiger partial charge in [-0.1, -0.05) is 24.3 Å². The van der Waals surface area contributed by atoms with Crippen LogP contribution >= 0.6 is 11.3 Å². The lowest BCUT2D eigenvalue weighted by atomic mass is 9.91. The SMILES string of the molecule is COC(=O)c1ccccc1[C@H]1NC(=O)N(Cc2cccs2)C(C)=C1C(=O)OC(C)C. The number of urea groups is 1.